The van der Waals surface area contributed by atoms with Crippen molar-refractivity contribution in [1.29, 1.82) is 0 Å². The Kier molecular flexibility index (Phi) is 5.60. The summed E-state index contributed by atoms with van der Waals surface area (Å²) in [6, 6.07) is 0. The zero-order chi connectivity index (χ0) is 13.7. The van der Waals surface area contributed by atoms with Crippen molar-refractivity contribution >= 4 is 16.5 Å². The van der Waals surface area contributed by atoms with Crippen LogP contribution in [0.15, 0.2) is 0 Å². The molecule has 19 heavy (non-hydrogen) atoms. The molecule has 0 aromatic carbocycles. The quantitative estimate of drug-likeness (QED) is 0.870. The molecule has 1 fully saturated rings. The molecule has 0 bridgehead atoms. The molecule has 108 valence electrons. The molecule has 4 nitrogen and oxygen atoms in total. The van der Waals surface area contributed by atoms with Gasteiger partial charge < -0.3 is 15.0 Å². The standard InChI is InChI=1S/C14H25N3OS/c1-4-15-10-13-11(3)16-14(19-13)17-8-6-12(7-9-17)18-5-2/h12,15H,4-10H2,1-3H3. The van der Waals surface area contributed by atoms with Gasteiger partial charge in [0.1, 0.15) is 0 Å². The molecule has 0 unspecified atom stereocenters. The maximum atomic E-state index is 5.70. The second kappa shape index (κ2) is 7.22. The summed E-state index contributed by atoms with van der Waals surface area (Å²) in [5.41, 5.74) is 1.17. The Morgan fingerprint density at radius 3 is 2.74 bits per heavy atom. The first-order valence-electron chi connectivity index (χ1n) is 7.28. The molecule has 1 aromatic heterocycles. The van der Waals surface area contributed by atoms with Gasteiger partial charge in [-0.2, -0.15) is 0 Å². The highest BCUT2D eigenvalue weighted by molar-refractivity contribution is 7.15. The van der Waals surface area contributed by atoms with Gasteiger partial charge >= 0.3 is 0 Å². The van der Waals surface area contributed by atoms with Crippen molar-refractivity contribution in [3.8, 4) is 0 Å². The molecule has 0 spiro atoms. The molecule has 0 saturated carbocycles. The minimum atomic E-state index is 0.448. The average Bonchev–Trinajstić information content (AvgIpc) is 2.79. The molecule has 0 aliphatic carbocycles. The fraction of sp³-hybridized carbons (Fsp3) is 0.786. The Labute approximate surface area is 120 Å². The third-order valence-electron chi connectivity index (χ3n) is 3.53. The van der Waals surface area contributed by atoms with Gasteiger partial charge in [-0.25, -0.2) is 4.98 Å². The molecular weight excluding hydrogens is 258 g/mol. The van der Waals surface area contributed by atoms with Gasteiger partial charge in [0.2, 0.25) is 0 Å². The lowest BCUT2D eigenvalue weighted by Gasteiger charge is -2.31. The maximum absolute atomic E-state index is 5.70. The molecule has 0 radical (unpaired) electrons. The van der Waals surface area contributed by atoms with E-state index in [1.807, 2.05) is 11.3 Å². The third-order valence-corrected chi connectivity index (χ3v) is 4.75. The fourth-order valence-corrected chi connectivity index (χ4v) is 3.48. The van der Waals surface area contributed by atoms with E-state index in [9.17, 15) is 0 Å². The third kappa shape index (κ3) is 3.91. The van der Waals surface area contributed by atoms with E-state index in [4.69, 9.17) is 9.72 Å². The highest BCUT2D eigenvalue weighted by Gasteiger charge is 2.22. The largest absolute Gasteiger partial charge is 0.378 e. The van der Waals surface area contributed by atoms with E-state index in [0.717, 1.165) is 45.6 Å². The number of thiazole rings is 1. The summed E-state index contributed by atoms with van der Waals surface area (Å²) in [5, 5.41) is 4.56. The van der Waals surface area contributed by atoms with Gasteiger partial charge in [-0.15, -0.1) is 11.3 Å². The molecular formula is C14H25N3OS. The van der Waals surface area contributed by atoms with Crippen LogP contribution in [0.25, 0.3) is 0 Å². The number of anilines is 1. The molecule has 5 heteroatoms. The van der Waals surface area contributed by atoms with Gasteiger partial charge in [0.25, 0.3) is 0 Å². The van der Waals surface area contributed by atoms with Crippen LogP contribution in [0, 0.1) is 6.92 Å². The first-order chi connectivity index (χ1) is 9.24. The molecule has 1 N–H and O–H groups in total. The Morgan fingerprint density at radius 2 is 2.11 bits per heavy atom. The van der Waals surface area contributed by atoms with E-state index in [2.05, 4.69) is 31.0 Å². The Morgan fingerprint density at radius 1 is 1.37 bits per heavy atom. The van der Waals surface area contributed by atoms with Crippen molar-refractivity contribution in [2.75, 3.05) is 31.1 Å². The number of aromatic nitrogens is 1. The first kappa shape index (κ1) is 14.8. The summed E-state index contributed by atoms with van der Waals surface area (Å²) in [6.07, 6.45) is 2.69. The molecule has 0 amide bonds. The van der Waals surface area contributed by atoms with Crippen LogP contribution in [0.3, 0.4) is 0 Å². The van der Waals surface area contributed by atoms with Crippen LogP contribution in [0.4, 0.5) is 5.13 Å². The van der Waals surface area contributed by atoms with Crippen molar-refractivity contribution in [1.82, 2.24) is 10.3 Å². The Hall–Kier alpha value is -0.650. The number of ether oxygens (including phenoxy) is 1. The number of aryl methyl sites for hydroxylation is 1. The highest BCUT2D eigenvalue weighted by atomic mass is 32.1. The van der Waals surface area contributed by atoms with Crippen molar-refractivity contribution in [2.24, 2.45) is 0 Å². The Balaban J connectivity index is 1.92. The van der Waals surface area contributed by atoms with E-state index >= 15 is 0 Å². The van der Waals surface area contributed by atoms with Crippen molar-refractivity contribution in [3.05, 3.63) is 10.6 Å². The molecule has 0 atom stereocenters. The molecule has 1 saturated heterocycles. The van der Waals surface area contributed by atoms with Crippen LogP contribution < -0.4 is 10.2 Å². The smallest absolute Gasteiger partial charge is 0.185 e. The van der Waals surface area contributed by atoms with Crippen LogP contribution in [-0.4, -0.2) is 37.3 Å². The summed E-state index contributed by atoms with van der Waals surface area (Å²) in [7, 11) is 0. The van der Waals surface area contributed by atoms with Gasteiger partial charge in [-0.3, -0.25) is 0 Å². The number of nitrogens with zero attached hydrogens (tertiary/aromatic N) is 2. The number of piperidine rings is 1. The lowest BCUT2D eigenvalue weighted by Crippen LogP contribution is -2.37. The van der Waals surface area contributed by atoms with Gasteiger partial charge in [0.15, 0.2) is 5.13 Å². The molecule has 2 heterocycles. The van der Waals surface area contributed by atoms with Gasteiger partial charge in [-0.05, 0) is 33.2 Å². The predicted octanol–water partition coefficient (Wildman–Crippen LogP) is 2.57. The van der Waals surface area contributed by atoms with Crippen molar-refractivity contribution in [2.45, 2.75) is 46.3 Å². The van der Waals surface area contributed by atoms with Crippen LogP contribution in [0.2, 0.25) is 0 Å². The average molecular weight is 283 g/mol. The second-order valence-electron chi connectivity index (χ2n) is 4.93. The summed E-state index contributed by atoms with van der Waals surface area (Å²) < 4.78 is 5.70. The topological polar surface area (TPSA) is 37.4 Å². The number of hydrogen-bond donors (Lipinski definition) is 1. The van der Waals surface area contributed by atoms with Gasteiger partial charge in [0, 0.05) is 31.1 Å². The second-order valence-corrected chi connectivity index (χ2v) is 5.99. The van der Waals surface area contributed by atoms with Crippen molar-refractivity contribution in [3.63, 3.8) is 0 Å². The minimum absolute atomic E-state index is 0.448. The zero-order valence-corrected chi connectivity index (χ0v) is 13.1. The van der Waals surface area contributed by atoms with E-state index < -0.39 is 0 Å². The molecule has 1 aliphatic rings. The van der Waals surface area contributed by atoms with E-state index in [1.165, 1.54) is 15.7 Å². The van der Waals surface area contributed by atoms with Gasteiger partial charge in [0.05, 0.1) is 11.8 Å². The number of hydrogen-bond acceptors (Lipinski definition) is 5. The minimum Gasteiger partial charge on any atom is -0.378 e. The summed E-state index contributed by atoms with van der Waals surface area (Å²) >= 11 is 1.83. The van der Waals surface area contributed by atoms with Crippen LogP contribution >= 0.6 is 11.3 Å². The predicted molar refractivity (Wildman–Crippen MR) is 81.1 cm³/mol. The monoisotopic (exact) mass is 283 g/mol. The number of nitrogens with one attached hydrogen (secondary N) is 1. The summed E-state index contributed by atoms with van der Waals surface area (Å²) in [4.78, 5) is 8.49. The summed E-state index contributed by atoms with van der Waals surface area (Å²) in [6.45, 7) is 11.2. The SMILES string of the molecule is CCNCc1sc(N2CCC(OCC)CC2)nc1C. The highest BCUT2D eigenvalue weighted by Crippen LogP contribution is 2.28. The first-order valence-corrected chi connectivity index (χ1v) is 8.09. The van der Waals surface area contributed by atoms with Crippen molar-refractivity contribution < 1.29 is 4.74 Å². The molecule has 1 aliphatic heterocycles. The zero-order valence-electron chi connectivity index (χ0n) is 12.2. The molecule has 2 rings (SSSR count). The Bertz CT molecular complexity index is 386. The maximum Gasteiger partial charge on any atom is 0.185 e. The lowest BCUT2D eigenvalue weighted by molar-refractivity contribution is 0.0459. The normalized spacial score (nSPS) is 17.1. The van der Waals surface area contributed by atoms with E-state index in [0.29, 0.717) is 6.10 Å². The lowest BCUT2D eigenvalue weighted by atomic mass is 10.1. The number of rotatable bonds is 6. The fourth-order valence-electron chi connectivity index (χ4n) is 2.40. The van der Waals surface area contributed by atoms with E-state index in [1.54, 1.807) is 0 Å². The van der Waals surface area contributed by atoms with Crippen LogP contribution in [-0.2, 0) is 11.3 Å². The molecule has 1 aromatic rings. The van der Waals surface area contributed by atoms with Gasteiger partial charge in [-0.1, -0.05) is 6.92 Å². The van der Waals surface area contributed by atoms with Crippen LogP contribution in [0.1, 0.15) is 37.3 Å². The van der Waals surface area contributed by atoms with Crippen LogP contribution in [0.5, 0.6) is 0 Å². The summed E-state index contributed by atoms with van der Waals surface area (Å²) in [5.74, 6) is 0. The van der Waals surface area contributed by atoms with E-state index in [-0.39, 0.29) is 0 Å².